The highest BCUT2D eigenvalue weighted by atomic mass is 16.6. The van der Waals surface area contributed by atoms with Gasteiger partial charge in [-0.15, -0.1) is 0 Å². The smallest absolute Gasteiger partial charge is 0.160 e. The average molecular weight is 288 g/mol. The van der Waals surface area contributed by atoms with Gasteiger partial charge in [0.25, 0.3) is 0 Å². The number of anilines is 2. The van der Waals surface area contributed by atoms with Gasteiger partial charge in [-0.3, -0.25) is 0 Å². The van der Waals surface area contributed by atoms with Crippen molar-refractivity contribution in [1.29, 1.82) is 0 Å². The van der Waals surface area contributed by atoms with E-state index in [1.807, 2.05) is 12.1 Å². The number of hydrogen-bond donors (Lipinski definition) is 2. The summed E-state index contributed by atoms with van der Waals surface area (Å²) in [5.74, 6) is 0.727. The molecule has 21 heavy (non-hydrogen) atoms. The maximum atomic E-state index is 5.89. The van der Waals surface area contributed by atoms with Gasteiger partial charge in [0.05, 0.1) is 11.4 Å². The van der Waals surface area contributed by atoms with Crippen molar-refractivity contribution < 1.29 is 4.63 Å². The summed E-state index contributed by atoms with van der Waals surface area (Å²) in [5, 5.41) is 11.4. The van der Waals surface area contributed by atoms with Crippen LogP contribution in [0.2, 0.25) is 0 Å². The fourth-order valence-corrected chi connectivity index (χ4v) is 3.76. The fraction of sp³-hybridized carbons (Fsp3) is 0.625. The lowest BCUT2D eigenvalue weighted by Gasteiger charge is -2.31. The predicted molar refractivity (Wildman–Crippen MR) is 85.1 cm³/mol. The fourth-order valence-electron chi connectivity index (χ4n) is 3.76. The molecule has 1 aromatic carbocycles. The third-order valence-electron chi connectivity index (χ3n) is 4.61. The van der Waals surface area contributed by atoms with Gasteiger partial charge >= 0.3 is 0 Å². The van der Waals surface area contributed by atoms with Gasteiger partial charge in [-0.25, -0.2) is 4.63 Å². The lowest BCUT2D eigenvalue weighted by molar-refractivity contribution is 0.252. The Kier molecular flexibility index (Phi) is 3.74. The lowest BCUT2D eigenvalue weighted by Crippen LogP contribution is -2.28. The van der Waals surface area contributed by atoms with Crippen LogP contribution >= 0.6 is 0 Å². The summed E-state index contributed by atoms with van der Waals surface area (Å²) >= 11 is 0. The number of aromatic nitrogens is 2. The van der Waals surface area contributed by atoms with E-state index >= 15 is 0 Å². The Hall–Kier alpha value is -1.78. The van der Waals surface area contributed by atoms with E-state index in [1.165, 1.54) is 32.1 Å². The van der Waals surface area contributed by atoms with Crippen LogP contribution in [0.15, 0.2) is 16.8 Å². The van der Waals surface area contributed by atoms with Crippen molar-refractivity contribution in [3.8, 4) is 0 Å². The molecule has 1 aromatic heterocycles. The standard InChI is InChI=1S/C16H24N4O/c1-11(2)9-16(7-3-4-8-16)10-18-13-6-5-12(17)14-15(13)20-21-19-14/h5-6,11,18H,3-4,7-10,17H2,1-2H3. The van der Waals surface area contributed by atoms with E-state index in [0.29, 0.717) is 16.6 Å². The molecule has 0 amide bonds. The summed E-state index contributed by atoms with van der Waals surface area (Å²) in [6.45, 7) is 5.60. The first-order chi connectivity index (χ1) is 10.1. The van der Waals surface area contributed by atoms with E-state index in [-0.39, 0.29) is 0 Å². The van der Waals surface area contributed by atoms with Crippen molar-refractivity contribution in [3.63, 3.8) is 0 Å². The number of rotatable bonds is 5. The zero-order valence-corrected chi connectivity index (χ0v) is 12.9. The third-order valence-corrected chi connectivity index (χ3v) is 4.61. The van der Waals surface area contributed by atoms with Gasteiger partial charge in [0.1, 0.15) is 0 Å². The Bertz CT molecular complexity index is 614. The highest BCUT2D eigenvalue weighted by Crippen LogP contribution is 2.43. The molecule has 3 rings (SSSR count). The Morgan fingerprint density at radius 2 is 1.95 bits per heavy atom. The molecule has 1 saturated carbocycles. The van der Waals surface area contributed by atoms with Crippen LogP contribution in [-0.2, 0) is 0 Å². The van der Waals surface area contributed by atoms with Gasteiger partial charge in [0, 0.05) is 6.54 Å². The molecule has 0 unspecified atom stereocenters. The second-order valence-electron chi connectivity index (χ2n) is 6.82. The molecule has 1 aliphatic rings. The largest absolute Gasteiger partial charge is 0.397 e. The van der Waals surface area contributed by atoms with Crippen molar-refractivity contribution in [2.75, 3.05) is 17.6 Å². The highest BCUT2D eigenvalue weighted by Gasteiger charge is 2.34. The molecular formula is C16H24N4O. The van der Waals surface area contributed by atoms with Gasteiger partial charge in [0.2, 0.25) is 0 Å². The van der Waals surface area contributed by atoms with Crippen LogP contribution in [0.1, 0.15) is 46.0 Å². The summed E-state index contributed by atoms with van der Waals surface area (Å²) in [4.78, 5) is 0. The normalized spacial score (nSPS) is 17.7. The van der Waals surface area contributed by atoms with Gasteiger partial charge in [-0.05, 0) is 53.0 Å². The van der Waals surface area contributed by atoms with Crippen molar-refractivity contribution in [2.24, 2.45) is 11.3 Å². The number of nitrogens with one attached hydrogen (secondary N) is 1. The first kappa shape index (κ1) is 14.2. The molecule has 0 spiro atoms. The number of nitrogens with zero attached hydrogens (tertiary/aromatic N) is 2. The summed E-state index contributed by atoms with van der Waals surface area (Å²) < 4.78 is 4.83. The zero-order valence-electron chi connectivity index (χ0n) is 12.9. The molecule has 1 fully saturated rings. The number of nitrogen functional groups attached to an aromatic ring is 1. The molecule has 0 radical (unpaired) electrons. The molecule has 5 nitrogen and oxygen atoms in total. The molecule has 1 heterocycles. The van der Waals surface area contributed by atoms with Crippen molar-refractivity contribution in [2.45, 2.75) is 46.0 Å². The maximum Gasteiger partial charge on any atom is 0.160 e. The van der Waals surface area contributed by atoms with E-state index in [2.05, 4.69) is 29.5 Å². The Morgan fingerprint density at radius 3 is 2.67 bits per heavy atom. The summed E-state index contributed by atoms with van der Waals surface area (Å²) in [6.07, 6.45) is 6.59. The summed E-state index contributed by atoms with van der Waals surface area (Å²) in [5.41, 5.74) is 9.25. The molecular weight excluding hydrogens is 264 g/mol. The molecule has 5 heteroatoms. The second kappa shape index (κ2) is 5.54. The quantitative estimate of drug-likeness (QED) is 0.818. The lowest BCUT2D eigenvalue weighted by atomic mass is 9.78. The van der Waals surface area contributed by atoms with E-state index in [1.54, 1.807) is 0 Å². The van der Waals surface area contributed by atoms with Crippen molar-refractivity contribution in [1.82, 2.24) is 10.3 Å². The predicted octanol–water partition coefficient (Wildman–Crippen LogP) is 3.82. The van der Waals surface area contributed by atoms with E-state index in [0.717, 1.165) is 23.7 Å². The molecule has 0 bridgehead atoms. The second-order valence-corrected chi connectivity index (χ2v) is 6.82. The van der Waals surface area contributed by atoms with Crippen LogP contribution in [0.25, 0.3) is 11.0 Å². The van der Waals surface area contributed by atoms with Crippen LogP contribution in [0, 0.1) is 11.3 Å². The van der Waals surface area contributed by atoms with E-state index in [4.69, 9.17) is 10.4 Å². The molecule has 3 N–H and O–H groups in total. The number of fused-ring (bicyclic) bond motifs is 1. The zero-order chi connectivity index (χ0) is 14.9. The molecule has 2 aromatic rings. The Morgan fingerprint density at radius 1 is 1.24 bits per heavy atom. The molecule has 0 atom stereocenters. The monoisotopic (exact) mass is 288 g/mol. The van der Waals surface area contributed by atoms with Gasteiger partial charge in [-0.2, -0.15) is 0 Å². The van der Waals surface area contributed by atoms with Crippen LogP contribution < -0.4 is 11.1 Å². The van der Waals surface area contributed by atoms with E-state index < -0.39 is 0 Å². The molecule has 1 aliphatic carbocycles. The first-order valence-electron chi connectivity index (χ1n) is 7.84. The Labute approximate surface area is 125 Å². The van der Waals surface area contributed by atoms with Crippen molar-refractivity contribution in [3.05, 3.63) is 12.1 Å². The van der Waals surface area contributed by atoms with Crippen molar-refractivity contribution >= 4 is 22.4 Å². The summed E-state index contributed by atoms with van der Waals surface area (Å²) in [6, 6.07) is 3.83. The van der Waals surface area contributed by atoms with Gasteiger partial charge in [-0.1, -0.05) is 26.7 Å². The minimum absolute atomic E-state index is 0.416. The van der Waals surface area contributed by atoms with Gasteiger partial charge < -0.3 is 11.1 Å². The highest BCUT2D eigenvalue weighted by molar-refractivity contribution is 5.94. The number of benzene rings is 1. The maximum absolute atomic E-state index is 5.89. The average Bonchev–Trinajstić information content (AvgIpc) is 3.07. The van der Waals surface area contributed by atoms with Crippen LogP contribution in [0.5, 0.6) is 0 Å². The SMILES string of the molecule is CC(C)CC1(CNc2ccc(N)c3nonc23)CCCC1. The third kappa shape index (κ3) is 2.82. The van der Waals surface area contributed by atoms with Crippen LogP contribution in [0.4, 0.5) is 11.4 Å². The molecule has 0 saturated heterocycles. The molecule has 0 aliphatic heterocycles. The first-order valence-corrected chi connectivity index (χ1v) is 7.84. The number of hydrogen-bond acceptors (Lipinski definition) is 5. The number of nitrogens with two attached hydrogens (primary N) is 1. The topological polar surface area (TPSA) is 77.0 Å². The summed E-state index contributed by atoms with van der Waals surface area (Å²) in [7, 11) is 0. The van der Waals surface area contributed by atoms with E-state index in [9.17, 15) is 0 Å². The minimum atomic E-state index is 0.416. The Balaban J connectivity index is 1.79. The van der Waals surface area contributed by atoms with Crippen LogP contribution in [0.3, 0.4) is 0 Å². The minimum Gasteiger partial charge on any atom is -0.397 e. The molecule has 114 valence electrons. The van der Waals surface area contributed by atoms with Crippen LogP contribution in [-0.4, -0.2) is 16.9 Å². The van der Waals surface area contributed by atoms with Gasteiger partial charge in [0.15, 0.2) is 11.0 Å².